The van der Waals surface area contributed by atoms with Gasteiger partial charge in [-0.1, -0.05) is 5.92 Å². The first-order valence-electron chi connectivity index (χ1n) is 6.82. The van der Waals surface area contributed by atoms with Gasteiger partial charge in [-0.05, 0) is 25.8 Å². The SMILES string of the molecule is CC(C)(O)C#Cc1cnc2ccn(-c3cc(N)nc(N)n3)c2n1. The van der Waals surface area contributed by atoms with Crippen molar-refractivity contribution in [3.8, 4) is 17.7 Å². The number of nitrogen functional groups attached to an aromatic ring is 2. The zero-order valence-corrected chi connectivity index (χ0v) is 12.6. The number of anilines is 2. The minimum absolute atomic E-state index is 0.0767. The van der Waals surface area contributed by atoms with E-state index in [0.29, 0.717) is 22.7 Å². The van der Waals surface area contributed by atoms with E-state index in [1.165, 1.54) is 0 Å². The Morgan fingerprint density at radius 2 is 2.00 bits per heavy atom. The fraction of sp³-hybridized carbons (Fsp3) is 0.200. The van der Waals surface area contributed by atoms with Gasteiger partial charge in [0.1, 0.15) is 28.4 Å². The van der Waals surface area contributed by atoms with E-state index >= 15 is 0 Å². The van der Waals surface area contributed by atoms with Crippen LogP contribution < -0.4 is 11.5 Å². The maximum absolute atomic E-state index is 9.67. The number of hydrogen-bond acceptors (Lipinski definition) is 7. The number of aliphatic hydroxyl groups is 1. The maximum Gasteiger partial charge on any atom is 0.223 e. The Balaban J connectivity index is 2.13. The average molecular weight is 309 g/mol. The molecule has 0 saturated carbocycles. The van der Waals surface area contributed by atoms with Crippen LogP contribution in [0.15, 0.2) is 24.5 Å². The molecule has 0 fully saturated rings. The van der Waals surface area contributed by atoms with E-state index in [9.17, 15) is 5.11 Å². The molecule has 3 aromatic rings. The smallest absolute Gasteiger partial charge is 0.223 e. The molecule has 0 aliphatic rings. The van der Waals surface area contributed by atoms with Crippen molar-refractivity contribution in [2.24, 2.45) is 0 Å². The normalized spacial score (nSPS) is 11.3. The van der Waals surface area contributed by atoms with Crippen molar-refractivity contribution in [2.75, 3.05) is 11.5 Å². The van der Waals surface area contributed by atoms with Crippen molar-refractivity contribution in [3.63, 3.8) is 0 Å². The van der Waals surface area contributed by atoms with Gasteiger partial charge in [-0.15, -0.1) is 0 Å². The summed E-state index contributed by atoms with van der Waals surface area (Å²) in [7, 11) is 0. The van der Waals surface area contributed by atoms with E-state index in [-0.39, 0.29) is 11.8 Å². The number of aromatic nitrogens is 5. The van der Waals surface area contributed by atoms with E-state index in [0.717, 1.165) is 0 Å². The molecule has 3 rings (SSSR count). The lowest BCUT2D eigenvalue weighted by atomic mass is 10.1. The molecule has 0 bridgehead atoms. The molecule has 5 N–H and O–H groups in total. The van der Waals surface area contributed by atoms with Crippen molar-refractivity contribution >= 4 is 22.9 Å². The lowest BCUT2D eigenvalue weighted by Gasteiger charge is -2.06. The van der Waals surface area contributed by atoms with Crippen LogP contribution in [0.3, 0.4) is 0 Å². The number of hydrogen-bond donors (Lipinski definition) is 3. The van der Waals surface area contributed by atoms with Crippen LogP contribution in [0.1, 0.15) is 19.5 Å². The van der Waals surface area contributed by atoms with E-state index in [2.05, 4.69) is 31.8 Å². The summed E-state index contributed by atoms with van der Waals surface area (Å²) in [6.45, 7) is 3.20. The van der Waals surface area contributed by atoms with Crippen LogP contribution in [0.2, 0.25) is 0 Å². The number of nitrogens with two attached hydrogens (primary N) is 2. The summed E-state index contributed by atoms with van der Waals surface area (Å²) in [5.41, 5.74) is 11.9. The van der Waals surface area contributed by atoms with Crippen LogP contribution in [0.5, 0.6) is 0 Å². The van der Waals surface area contributed by atoms with Gasteiger partial charge in [0.2, 0.25) is 5.95 Å². The number of rotatable bonds is 1. The first-order valence-corrected chi connectivity index (χ1v) is 6.82. The van der Waals surface area contributed by atoms with Crippen LogP contribution in [-0.4, -0.2) is 35.2 Å². The minimum atomic E-state index is -1.10. The zero-order chi connectivity index (χ0) is 16.6. The quantitative estimate of drug-likeness (QED) is 0.558. The third-order valence-corrected chi connectivity index (χ3v) is 2.88. The van der Waals surface area contributed by atoms with Gasteiger partial charge in [-0.3, -0.25) is 4.57 Å². The maximum atomic E-state index is 9.67. The molecule has 0 unspecified atom stereocenters. The molecule has 8 nitrogen and oxygen atoms in total. The Hall–Kier alpha value is -3.18. The standard InChI is InChI=1S/C15H15N7O/c1-15(2,23)5-3-9-8-18-10-4-6-22(13(10)19-9)12-7-11(16)20-14(17)21-12/h4,6-8,23H,1-2H3,(H4,16,17,20,21). The van der Waals surface area contributed by atoms with Gasteiger partial charge in [-0.25, -0.2) is 9.97 Å². The van der Waals surface area contributed by atoms with Gasteiger partial charge in [-0.2, -0.15) is 9.97 Å². The fourth-order valence-electron chi connectivity index (χ4n) is 1.96. The predicted octanol–water partition coefficient (Wildman–Crippen LogP) is 0.497. The second-order valence-corrected chi connectivity index (χ2v) is 5.47. The van der Waals surface area contributed by atoms with Crippen LogP contribution in [0.4, 0.5) is 11.8 Å². The van der Waals surface area contributed by atoms with Crippen molar-refractivity contribution < 1.29 is 5.11 Å². The molecule has 0 radical (unpaired) electrons. The van der Waals surface area contributed by atoms with Crippen molar-refractivity contribution in [2.45, 2.75) is 19.4 Å². The summed E-state index contributed by atoms with van der Waals surface area (Å²) in [5.74, 6) is 6.33. The lowest BCUT2D eigenvalue weighted by molar-refractivity contribution is 0.143. The molecule has 116 valence electrons. The molecule has 8 heteroatoms. The Morgan fingerprint density at radius 1 is 1.22 bits per heavy atom. The van der Waals surface area contributed by atoms with Crippen LogP contribution in [0, 0.1) is 11.8 Å². The first kappa shape index (κ1) is 14.7. The molecule has 0 aliphatic carbocycles. The molecule has 0 saturated heterocycles. The highest BCUT2D eigenvalue weighted by Gasteiger charge is 2.10. The summed E-state index contributed by atoms with van der Waals surface area (Å²) in [6.07, 6.45) is 3.31. The molecule has 23 heavy (non-hydrogen) atoms. The molecule has 0 amide bonds. The Bertz CT molecular complexity index is 924. The van der Waals surface area contributed by atoms with E-state index < -0.39 is 5.60 Å². The summed E-state index contributed by atoms with van der Waals surface area (Å²) in [4.78, 5) is 16.7. The van der Waals surface area contributed by atoms with Gasteiger partial charge >= 0.3 is 0 Å². The molecule has 3 aromatic heterocycles. The Kier molecular flexibility index (Phi) is 3.35. The Labute approximate surface area is 132 Å². The van der Waals surface area contributed by atoms with E-state index in [1.54, 1.807) is 42.9 Å². The van der Waals surface area contributed by atoms with Crippen molar-refractivity contribution in [1.82, 2.24) is 24.5 Å². The molecule has 0 aliphatic heterocycles. The van der Waals surface area contributed by atoms with E-state index in [4.69, 9.17) is 11.5 Å². The van der Waals surface area contributed by atoms with Crippen molar-refractivity contribution in [3.05, 3.63) is 30.2 Å². The van der Waals surface area contributed by atoms with Crippen LogP contribution in [-0.2, 0) is 0 Å². The third-order valence-electron chi connectivity index (χ3n) is 2.88. The molecular weight excluding hydrogens is 294 g/mol. The average Bonchev–Trinajstić information content (AvgIpc) is 2.86. The van der Waals surface area contributed by atoms with Gasteiger partial charge in [0.05, 0.1) is 6.20 Å². The summed E-state index contributed by atoms with van der Waals surface area (Å²) in [5, 5.41) is 9.67. The highest BCUT2D eigenvalue weighted by Crippen LogP contribution is 2.17. The van der Waals surface area contributed by atoms with Gasteiger partial charge in [0.15, 0.2) is 5.65 Å². The first-order chi connectivity index (χ1) is 10.8. The number of nitrogens with zero attached hydrogens (tertiary/aromatic N) is 5. The van der Waals surface area contributed by atoms with Gasteiger partial charge in [0, 0.05) is 12.3 Å². The Morgan fingerprint density at radius 3 is 2.70 bits per heavy atom. The molecule has 0 aromatic carbocycles. The van der Waals surface area contributed by atoms with Crippen LogP contribution in [0.25, 0.3) is 17.0 Å². The summed E-state index contributed by atoms with van der Waals surface area (Å²) in [6, 6.07) is 3.39. The van der Waals surface area contributed by atoms with Crippen LogP contribution >= 0.6 is 0 Å². The molecule has 0 spiro atoms. The highest BCUT2D eigenvalue weighted by atomic mass is 16.3. The second-order valence-electron chi connectivity index (χ2n) is 5.47. The molecular formula is C15H15N7O. The number of fused-ring (bicyclic) bond motifs is 1. The monoisotopic (exact) mass is 309 g/mol. The van der Waals surface area contributed by atoms with Gasteiger partial charge in [0.25, 0.3) is 0 Å². The molecule has 0 atom stereocenters. The topological polar surface area (TPSA) is 129 Å². The van der Waals surface area contributed by atoms with E-state index in [1.807, 2.05) is 0 Å². The second kappa shape index (κ2) is 5.23. The summed E-state index contributed by atoms with van der Waals surface area (Å²) >= 11 is 0. The molecule has 3 heterocycles. The van der Waals surface area contributed by atoms with Gasteiger partial charge < -0.3 is 16.6 Å². The fourth-order valence-corrected chi connectivity index (χ4v) is 1.96. The van der Waals surface area contributed by atoms with Crippen molar-refractivity contribution in [1.29, 1.82) is 0 Å². The minimum Gasteiger partial charge on any atom is -0.383 e. The third kappa shape index (κ3) is 3.20. The zero-order valence-electron chi connectivity index (χ0n) is 12.6. The highest BCUT2D eigenvalue weighted by molar-refractivity contribution is 5.74. The summed E-state index contributed by atoms with van der Waals surface area (Å²) < 4.78 is 1.70. The predicted molar refractivity (Wildman–Crippen MR) is 86.5 cm³/mol. The largest absolute Gasteiger partial charge is 0.383 e. The lowest BCUT2D eigenvalue weighted by Crippen LogP contribution is -2.14.